The molecule has 1 aliphatic heterocycles. The predicted octanol–water partition coefficient (Wildman–Crippen LogP) is 3.49. The second kappa shape index (κ2) is 11.6. The molecule has 156 valence electrons. The van der Waals surface area contributed by atoms with E-state index in [-0.39, 0.29) is 36.4 Å². The van der Waals surface area contributed by atoms with Crippen LogP contribution in [0.3, 0.4) is 0 Å². The molecule has 1 fully saturated rings. The number of aliphatic imine (C=N–C) groups is 1. The molecule has 0 bridgehead atoms. The first-order valence-electron chi connectivity index (χ1n) is 8.51. The number of hydrogen-bond acceptors (Lipinski definition) is 4. The fourth-order valence-corrected chi connectivity index (χ4v) is 3.87. The van der Waals surface area contributed by atoms with Crippen LogP contribution in [0.25, 0.3) is 0 Å². The van der Waals surface area contributed by atoms with E-state index >= 15 is 0 Å². The zero-order valence-electron chi connectivity index (χ0n) is 14.9. The Hall–Kier alpha value is -0.300. The molecule has 5 nitrogen and oxygen atoms in total. The number of guanidine groups is 1. The predicted molar refractivity (Wildman–Crippen MR) is 114 cm³/mol. The summed E-state index contributed by atoms with van der Waals surface area (Å²) in [5.41, 5.74) is 0. The normalized spacial score (nSPS) is 19.6. The fraction of sp³-hybridized carbons (Fsp3) is 0.688. The molecule has 0 aliphatic carbocycles. The van der Waals surface area contributed by atoms with Gasteiger partial charge in [0.2, 0.25) is 0 Å². The van der Waals surface area contributed by atoms with E-state index in [1.807, 2.05) is 6.92 Å². The van der Waals surface area contributed by atoms with Gasteiger partial charge in [0.05, 0.1) is 17.4 Å². The first-order valence-corrected chi connectivity index (χ1v) is 9.71. The van der Waals surface area contributed by atoms with Crippen molar-refractivity contribution in [3.8, 4) is 0 Å². The van der Waals surface area contributed by atoms with Crippen LogP contribution in [-0.2, 0) is 0 Å². The van der Waals surface area contributed by atoms with E-state index in [0.29, 0.717) is 36.5 Å². The molecule has 3 N–H and O–H groups in total. The van der Waals surface area contributed by atoms with E-state index in [1.54, 1.807) is 12.1 Å². The Morgan fingerprint density at radius 3 is 2.78 bits per heavy atom. The van der Waals surface area contributed by atoms with Gasteiger partial charge in [-0.2, -0.15) is 13.2 Å². The van der Waals surface area contributed by atoms with Gasteiger partial charge in [0.15, 0.2) is 5.96 Å². The standard InChI is InChI=1S/C16H24ClF3N4OS.HI/c1-2-21-15(23-8-12(25)13-3-4-14(17)26-13)22-7-11-5-6-24(9-11)10-16(18,19)20;/h3-4,11-12,25H,2,5-10H2,1H3,(H2,21,22,23);1H. The van der Waals surface area contributed by atoms with Gasteiger partial charge in [-0.25, -0.2) is 0 Å². The van der Waals surface area contributed by atoms with Crippen molar-refractivity contribution in [1.29, 1.82) is 0 Å². The van der Waals surface area contributed by atoms with Gasteiger partial charge in [0.25, 0.3) is 0 Å². The number of nitrogens with zero attached hydrogens (tertiary/aromatic N) is 2. The van der Waals surface area contributed by atoms with Gasteiger partial charge in [-0.1, -0.05) is 11.6 Å². The van der Waals surface area contributed by atoms with E-state index in [9.17, 15) is 18.3 Å². The topological polar surface area (TPSA) is 59.9 Å². The lowest BCUT2D eigenvalue weighted by atomic mass is 10.1. The molecule has 2 unspecified atom stereocenters. The van der Waals surface area contributed by atoms with Crippen LogP contribution in [0.2, 0.25) is 4.34 Å². The SMILES string of the molecule is CCNC(=NCC(O)c1ccc(Cl)s1)NCC1CCN(CC(F)(F)F)C1.I. The molecule has 0 aromatic carbocycles. The molecular formula is C16H25ClF3IN4OS. The third-order valence-electron chi connectivity index (χ3n) is 4.02. The second-order valence-electron chi connectivity index (χ2n) is 6.26. The van der Waals surface area contributed by atoms with E-state index in [4.69, 9.17) is 11.6 Å². The highest BCUT2D eigenvalue weighted by Gasteiger charge is 2.34. The Bertz CT molecular complexity index is 602. The molecule has 0 radical (unpaired) electrons. The Balaban J connectivity index is 0.00000364. The molecular weight excluding hydrogens is 516 g/mol. The number of aliphatic hydroxyl groups excluding tert-OH is 1. The first-order chi connectivity index (χ1) is 12.3. The second-order valence-corrected chi connectivity index (χ2v) is 8.01. The molecule has 2 heterocycles. The number of thiophene rings is 1. The van der Waals surface area contributed by atoms with Crippen LogP contribution < -0.4 is 10.6 Å². The van der Waals surface area contributed by atoms with Crippen molar-refractivity contribution in [2.75, 3.05) is 39.3 Å². The lowest BCUT2D eigenvalue weighted by Gasteiger charge is -2.19. The van der Waals surface area contributed by atoms with E-state index in [1.165, 1.54) is 16.2 Å². The lowest BCUT2D eigenvalue weighted by Crippen LogP contribution is -2.41. The van der Waals surface area contributed by atoms with Crippen molar-refractivity contribution < 1.29 is 18.3 Å². The maximum atomic E-state index is 12.4. The van der Waals surface area contributed by atoms with Crippen LogP contribution in [-0.4, -0.2) is 61.4 Å². The smallest absolute Gasteiger partial charge is 0.386 e. The Morgan fingerprint density at radius 1 is 1.44 bits per heavy atom. The number of likely N-dealkylation sites (tertiary alicyclic amines) is 1. The maximum Gasteiger partial charge on any atom is 0.401 e. The van der Waals surface area contributed by atoms with Crippen LogP contribution >= 0.6 is 46.9 Å². The molecule has 2 atom stereocenters. The molecule has 1 aromatic heterocycles. The maximum absolute atomic E-state index is 12.4. The van der Waals surface area contributed by atoms with Crippen LogP contribution in [0, 0.1) is 5.92 Å². The summed E-state index contributed by atoms with van der Waals surface area (Å²) in [4.78, 5) is 6.53. The van der Waals surface area contributed by atoms with Gasteiger partial charge in [0, 0.05) is 24.5 Å². The van der Waals surface area contributed by atoms with Gasteiger partial charge in [-0.15, -0.1) is 35.3 Å². The molecule has 0 spiro atoms. The highest BCUT2D eigenvalue weighted by molar-refractivity contribution is 14.0. The average molecular weight is 541 g/mol. The minimum atomic E-state index is -4.15. The quantitative estimate of drug-likeness (QED) is 0.282. The van der Waals surface area contributed by atoms with Crippen LogP contribution in [0.15, 0.2) is 17.1 Å². The summed E-state index contributed by atoms with van der Waals surface area (Å²) in [6, 6.07) is 3.49. The van der Waals surface area contributed by atoms with Crippen molar-refractivity contribution in [3.63, 3.8) is 0 Å². The molecule has 1 saturated heterocycles. The third kappa shape index (κ3) is 9.16. The number of hydrogen-bond donors (Lipinski definition) is 3. The minimum absolute atomic E-state index is 0. The van der Waals surface area contributed by atoms with Crippen molar-refractivity contribution in [2.24, 2.45) is 10.9 Å². The first kappa shape index (κ1) is 24.7. The Labute approximate surface area is 183 Å². The Kier molecular flexibility index (Phi) is 10.7. The van der Waals surface area contributed by atoms with Crippen molar-refractivity contribution in [3.05, 3.63) is 21.3 Å². The van der Waals surface area contributed by atoms with E-state index in [2.05, 4.69) is 15.6 Å². The van der Waals surface area contributed by atoms with Gasteiger partial charge in [0.1, 0.15) is 6.10 Å². The Morgan fingerprint density at radius 2 is 2.19 bits per heavy atom. The molecule has 2 rings (SSSR count). The summed E-state index contributed by atoms with van der Waals surface area (Å²) in [5.74, 6) is 0.686. The monoisotopic (exact) mass is 540 g/mol. The largest absolute Gasteiger partial charge is 0.401 e. The summed E-state index contributed by atoms with van der Waals surface area (Å²) in [6.45, 7) is 3.32. The van der Waals surface area contributed by atoms with Gasteiger partial charge >= 0.3 is 6.18 Å². The summed E-state index contributed by atoms with van der Waals surface area (Å²) < 4.78 is 38.0. The van der Waals surface area contributed by atoms with Crippen molar-refractivity contribution in [1.82, 2.24) is 15.5 Å². The van der Waals surface area contributed by atoms with Gasteiger partial charge in [-0.05, 0) is 37.9 Å². The zero-order valence-corrected chi connectivity index (χ0v) is 18.8. The third-order valence-corrected chi connectivity index (χ3v) is 5.35. The molecule has 0 amide bonds. The number of alkyl halides is 3. The molecule has 27 heavy (non-hydrogen) atoms. The van der Waals surface area contributed by atoms with Crippen molar-refractivity contribution in [2.45, 2.75) is 25.6 Å². The van der Waals surface area contributed by atoms with Crippen molar-refractivity contribution >= 4 is 52.9 Å². The highest BCUT2D eigenvalue weighted by atomic mass is 127. The number of halogens is 5. The summed E-state index contributed by atoms with van der Waals surface area (Å²) in [5, 5.41) is 16.4. The van der Waals surface area contributed by atoms with Gasteiger partial charge < -0.3 is 15.7 Å². The summed E-state index contributed by atoms with van der Waals surface area (Å²) >= 11 is 7.17. The van der Waals surface area contributed by atoms with Gasteiger partial charge in [-0.3, -0.25) is 9.89 Å². The zero-order chi connectivity index (χ0) is 19.2. The average Bonchev–Trinajstić information content (AvgIpc) is 3.17. The molecule has 0 saturated carbocycles. The lowest BCUT2D eigenvalue weighted by molar-refractivity contribution is -0.143. The highest BCUT2D eigenvalue weighted by Crippen LogP contribution is 2.27. The number of nitrogens with one attached hydrogen (secondary N) is 2. The van der Waals surface area contributed by atoms with Crippen LogP contribution in [0.5, 0.6) is 0 Å². The fourth-order valence-electron chi connectivity index (χ4n) is 2.83. The van der Waals surface area contributed by atoms with Crippen LogP contribution in [0.1, 0.15) is 24.3 Å². The molecule has 1 aliphatic rings. The summed E-state index contributed by atoms with van der Waals surface area (Å²) in [6.07, 6.45) is -4.17. The number of rotatable bonds is 7. The molecule has 1 aromatic rings. The molecule has 11 heteroatoms. The van der Waals surface area contributed by atoms with E-state index in [0.717, 1.165) is 11.3 Å². The number of aliphatic hydroxyl groups is 1. The summed E-state index contributed by atoms with van der Waals surface area (Å²) in [7, 11) is 0. The van der Waals surface area contributed by atoms with Crippen LogP contribution in [0.4, 0.5) is 13.2 Å². The van der Waals surface area contributed by atoms with E-state index < -0.39 is 18.8 Å². The minimum Gasteiger partial charge on any atom is -0.386 e.